The van der Waals surface area contributed by atoms with E-state index in [2.05, 4.69) is 10.6 Å². The van der Waals surface area contributed by atoms with Crippen molar-refractivity contribution in [1.29, 1.82) is 0 Å². The minimum atomic E-state index is -0.163. The van der Waals surface area contributed by atoms with Crippen LogP contribution in [-0.2, 0) is 9.59 Å². The van der Waals surface area contributed by atoms with Gasteiger partial charge in [-0.15, -0.1) is 0 Å². The molecule has 142 valence electrons. The summed E-state index contributed by atoms with van der Waals surface area (Å²) >= 11 is 0. The molecule has 6 nitrogen and oxygen atoms in total. The van der Waals surface area contributed by atoms with Gasteiger partial charge in [-0.05, 0) is 43.9 Å². The molecule has 0 spiro atoms. The Morgan fingerprint density at radius 2 is 1.81 bits per heavy atom. The monoisotopic (exact) mass is 359 g/mol. The molecule has 0 radical (unpaired) electrons. The third-order valence-electron chi connectivity index (χ3n) is 4.91. The molecule has 0 unspecified atom stereocenters. The predicted octanol–water partition coefficient (Wildman–Crippen LogP) is 2.80. The van der Waals surface area contributed by atoms with E-state index in [-0.39, 0.29) is 29.7 Å². The largest absolute Gasteiger partial charge is 0.353 e. The highest BCUT2D eigenvalue weighted by Gasteiger charge is 2.26. The third kappa shape index (κ3) is 5.31. The summed E-state index contributed by atoms with van der Waals surface area (Å²) in [5.41, 5.74) is 1.19. The summed E-state index contributed by atoms with van der Waals surface area (Å²) in [5, 5.41) is 5.82. The molecule has 3 amide bonds. The summed E-state index contributed by atoms with van der Waals surface area (Å²) in [6.45, 7) is 6.75. The second-order valence-electron chi connectivity index (χ2n) is 6.85. The van der Waals surface area contributed by atoms with Gasteiger partial charge in [-0.25, -0.2) is 0 Å². The van der Waals surface area contributed by atoms with E-state index < -0.39 is 0 Å². The fourth-order valence-corrected chi connectivity index (χ4v) is 3.32. The lowest BCUT2D eigenvalue weighted by molar-refractivity contribution is -0.126. The topological polar surface area (TPSA) is 78.5 Å². The molecule has 1 fully saturated rings. The van der Waals surface area contributed by atoms with Crippen molar-refractivity contribution in [2.45, 2.75) is 52.5 Å². The predicted molar refractivity (Wildman–Crippen MR) is 102 cm³/mol. The van der Waals surface area contributed by atoms with Crippen molar-refractivity contribution in [2.24, 2.45) is 5.92 Å². The smallest absolute Gasteiger partial charge is 0.253 e. The molecule has 1 aliphatic heterocycles. The van der Waals surface area contributed by atoms with E-state index in [0.29, 0.717) is 24.3 Å². The molecule has 1 heterocycles. The highest BCUT2D eigenvalue weighted by Crippen LogP contribution is 2.18. The van der Waals surface area contributed by atoms with Gasteiger partial charge in [0.15, 0.2) is 0 Å². The summed E-state index contributed by atoms with van der Waals surface area (Å²) in [4.78, 5) is 37.9. The van der Waals surface area contributed by atoms with Crippen molar-refractivity contribution < 1.29 is 14.4 Å². The molecule has 1 aliphatic rings. The van der Waals surface area contributed by atoms with Crippen molar-refractivity contribution in [3.05, 3.63) is 29.8 Å². The molecule has 1 aromatic carbocycles. The van der Waals surface area contributed by atoms with Crippen molar-refractivity contribution >= 4 is 23.4 Å². The highest BCUT2D eigenvalue weighted by molar-refractivity contribution is 5.96. The molecule has 6 heteroatoms. The lowest BCUT2D eigenvalue weighted by atomic mass is 9.99. The summed E-state index contributed by atoms with van der Waals surface area (Å²) in [6, 6.07) is 7.12. The molecule has 0 aliphatic carbocycles. The number of amides is 3. The van der Waals surface area contributed by atoms with Gasteiger partial charge in [0.25, 0.3) is 5.91 Å². The fourth-order valence-electron chi connectivity index (χ4n) is 3.32. The Labute approximate surface area is 155 Å². The Morgan fingerprint density at radius 1 is 1.15 bits per heavy atom. The second kappa shape index (κ2) is 9.36. The number of hydrogen-bond donors (Lipinski definition) is 2. The Hall–Kier alpha value is -2.37. The van der Waals surface area contributed by atoms with Crippen LogP contribution in [0, 0.1) is 5.92 Å². The normalized spacial score (nSPS) is 15.0. The molecule has 0 aromatic heterocycles. The standard InChI is InChI=1S/C20H29N3O3/c1-4-15(5-2)19(25)22-17-9-11-23(12-10-17)20(26)16-7-6-8-18(13-16)21-14(3)24/h6-8,13,15,17H,4-5,9-12H2,1-3H3,(H,21,24)(H,22,25). The second-order valence-corrected chi connectivity index (χ2v) is 6.85. The van der Waals surface area contributed by atoms with E-state index in [1.54, 1.807) is 24.3 Å². The number of benzene rings is 1. The highest BCUT2D eigenvalue weighted by atomic mass is 16.2. The number of anilines is 1. The zero-order chi connectivity index (χ0) is 19.1. The van der Waals surface area contributed by atoms with E-state index in [9.17, 15) is 14.4 Å². The quantitative estimate of drug-likeness (QED) is 0.820. The zero-order valence-electron chi connectivity index (χ0n) is 15.9. The SMILES string of the molecule is CCC(CC)C(=O)NC1CCN(C(=O)c2cccc(NC(C)=O)c2)CC1. The van der Waals surface area contributed by atoms with E-state index in [1.165, 1.54) is 6.92 Å². The van der Waals surface area contributed by atoms with E-state index >= 15 is 0 Å². The summed E-state index contributed by atoms with van der Waals surface area (Å²) in [7, 11) is 0. The van der Waals surface area contributed by atoms with Crippen LogP contribution in [0.1, 0.15) is 56.8 Å². The molecular weight excluding hydrogens is 330 g/mol. The van der Waals surface area contributed by atoms with Crippen LogP contribution in [0.15, 0.2) is 24.3 Å². The molecule has 2 N–H and O–H groups in total. The number of likely N-dealkylation sites (tertiary alicyclic amines) is 1. The van der Waals surface area contributed by atoms with Crippen LogP contribution in [0.4, 0.5) is 5.69 Å². The summed E-state index contributed by atoms with van der Waals surface area (Å²) in [5.74, 6) is -0.000415. The van der Waals surface area contributed by atoms with Gasteiger partial charge in [-0.1, -0.05) is 19.9 Å². The Balaban J connectivity index is 1.90. The molecule has 2 rings (SSSR count). The van der Waals surface area contributed by atoms with E-state index in [1.807, 2.05) is 18.7 Å². The molecule has 26 heavy (non-hydrogen) atoms. The first-order valence-corrected chi connectivity index (χ1v) is 9.41. The van der Waals surface area contributed by atoms with Crippen molar-refractivity contribution in [3.8, 4) is 0 Å². The number of hydrogen-bond acceptors (Lipinski definition) is 3. The van der Waals surface area contributed by atoms with Gasteiger partial charge >= 0.3 is 0 Å². The van der Waals surface area contributed by atoms with Crippen LogP contribution in [0.3, 0.4) is 0 Å². The van der Waals surface area contributed by atoms with E-state index in [0.717, 1.165) is 25.7 Å². The molecule has 0 bridgehead atoms. The van der Waals surface area contributed by atoms with Gasteiger partial charge < -0.3 is 15.5 Å². The Bertz CT molecular complexity index is 647. The third-order valence-corrected chi connectivity index (χ3v) is 4.91. The Kier molecular flexibility index (Phi) is 7.18. The van der Waals surface area contributed by atoms with Gasteiger partial charge in [0.2, 0.25) is 11.8 Å². The molecule has 0 saturated carbocycles. The maximum atomic E-state index is 12.7. The fraction of sp³-hybridized carbons (Fsp3) is 0.550. The van der Waals surface area contributed by atoms with Gasteiger partial charge in [0.05, 0.1) is 0 Å². The van der Waals surface area contributed by atoms with Gasteiger partial charge in [-0.3, -0.25) is 14.4 Å². The van der Waals surface area contributed by atoms with E-state index in [4.69, 9.17) is 0 Å². The Morgan fingerprint density at radius 3 is 2.38 bits per heavy atom. The molecular formula is C20H29N3O3. The van der Waals surface area contributed by atoms with Crippen LogP contribution in [0.25, 0.3) is 0 Å². The number of rotatable bonds is 6. The van der Waals surface area contributed by atoms with Gasteiger partial charge in [0, 0.05) is 43.2 Å². The number of carbonyl (C=O) groups excluding carboxylic acids is 3. The lowest BCUT2D eigenvalue weighted by Gasteiger charge is -2.33. The van der Waals surface area contributed by atoms with Gasteiger partial charge in [0.1, 0.15) is 0 Å². The van der Waals surface area contributed by atoms with Crippen LogP contribution >= 0.6 is 0 Å². The maximum absolute atomic E-state index is 12.7. The van der Waals surface area contributed by atoms with Crippen LogP contribution < -0.4 is 10.6 Å². The molecule has 1 saturated heterocycles. The number of piperidine rings is 1. The molecule has 1 aromatic rings. The first kappa shape index (κ1) is 19.9. The minimum absolute atomic E-state index is 0.0398. The number of nitrogens with zero attached hydrogens (tertiary/aromatic N) is 1. The van der Waals surface area contributed by atoms with Crippen LogP contribution in [0.2, 0.25) is 0 Å². The number of nitrogens with one attached hydrogen (secondary N) is 2. The minimum Gasteiger partial charge on any atom is -0.353 e. The lowest BCUT2D eigenvalue weighted by Crippen LogP contribution is -2.47. The first-order chi connectivity index (χ1) is 12.4. The summed E-state index contributed by atoms with van der Waals surface area (Å²) in [6.07, 6.45) is 3.24. The zero-order valence-corrected chi connectivity index (χ0v) is 15.9. The first-order valence-electron chi connectivity index (χ1n) is 9.41. The molecule has 0 atom stereocenters. The van der Waals surface area contributed by atoms with Gasteiger partial charge in [-0.2, -0.15) is 0 Å². The maximum Gasteiger partial charge on any atom is 0.253 e. The van der Waals surface area contributed by atoms with Crippen LogP contribution in [0.5, 0.6) is 0 Å². The van der Waals surface area contributed by atoms with Crippen molar-refractivity contribution in [2.75, 3.05) is 18.4 Å². The van der Waals surface area contributed by atoms with Crippen molar-refractivity contribution in [1.82, 2.24) is 10.2 Å². The van der Waals surface area contributed by atoms with Crippen LogP contribution in [-0.4, -0.2) is 41.8 Å². The number of carbonyl (C=O) groups is 3. The average molecular weight is 359 g/mol. The average Bonchev–Trinajstić information content (AvgIpc) is 2.62. The summed E-state index contributed by atoms with van der Waals surface area (Å²) < 4.78 is 0. The van der Waals surface area contributed by atoms with Crippen molar-refractivity contribution in [3.63, 3.8) is 0 Å².